The molecule has 10 heteroatoms. The zero-order valence-electron chi connectivity index (χ0n) is 15.8. The van der Waals surface area contributed by atoms with Gasteiger partial charge in [-0.2, -0.15) is 5.10 Å². The molecule has 1 fully saturated rings. The lowest BCUT2D eigenvalue weighted by Gasteiger charge is -2.31. The van der Waals surface area contributed by atoms with Crippen LogP contribution in [0, 0.1) is 0 Å². The Hall–Kier alpha value is -2.42. The van der Waals surface area contributed by atoms with Gasteiger partial charge in [-0.05, 0) is 31.0 Å². The molecule has 0 atom stereocenters. The quantitative estimate of drug-likeness (QED) is 0.663. The summed E-state index contributed by atoms with van der Waals surface area (Å²) in [5.74, 6) is 0.821. The Labute approximate surface area is 177 Å². The normalized spacial score (nSPS) is 15.6. The van der Waals surface area contributed by atoms with Crippen LogP contribution in [-0.4, -0.2) is 49.9 Å². The highest BCUT2D eigenvalue weighted by Crippen LogP contribution is 2.29. The maximum Gasteiger partial charge on any atom is 0.254 e. The van der Waals surface area contributed by atoms with E-state index in [1.54, 1.807) is 42.3 Å². The van der Waals surface area contributed by atoms with Crippen molar-refractivity contribution in [2.75, 3.05) is 13.1 Å². The average Bonchev–Trinajstić information content (AvgIpc) is 3.32. The van der Waals surface area contributed by atoms with E-state index in [4.69, 9.17) is 27.6 Å². The number of aryl methyl sites for hydroxylation is 1. The second kappa shape index (κ2) is 8.52. The minimum atomic E-state index is -0.0852. The third-order valence-electron chi connectivity index (χ3n) is 4.88. The molecule has 0 bridgehead atoms. The number of halogens is 2. The Morgan fingerprint density at radius 2 is 2.07 bits per heavy atom. The van der Waals surface area contributed by atoms with Gasteiger partial charge < -0.3 is 9.73 Å². The highest BCUT2D eigenvalue weighted by Gasteiger charge is 2.23. The first-order chi connectivity index (χ1) is 14.0. The summed E-state index contributed by atoms with van der Waals surface area (Å²) in [6.07, 6.45) is 5.00. The van der Waals surface area contributed by atoms with Crippen LogP contribution in [0.1, 0.15) is 29.1 Å². The van der Waals surface area contributed by atoms with Crippen LogP contribution in [0.4, 0.5) is 0 Å². The molecule has 29 heavy (non-hydrogen) atoms. The fourth-order valence-electron chi connectivity index (χ4n) is 3.32. The van der Waals surface area contributed by atoms with E-state index in [1.807, 2.05) is 0 Å². The Morgan fingerprint density at radius 1 is 1.28 bits per heavy atom. The number of nitrogens with zero attached hydrogens (tertiary/aromatic N) is 5. The van der Waals surface area contributed by atoms with Crippen LogP contribution in [0.15, 0.2) is 35.0 Å². The van der Waals surface area contributed by atoms with Gasteiger partial charge in [-0.15, -0.1) is 10.2 Å². The van der Waals surface area contributed by atoms with Crippen LogP contribution in [0.25, 0.3) is 11.5 Å². The maximum atomic E-state index is 12.3. The van der Waals surface area contributed by atoms with Crippen molar-refractivity contribution in [3.05, 3.63) is 52.1 Å². The first-order valence-corrected chi connectivity index (χ1v) is 10.0. The number of piperidine rings is 1. The number of carbonyl (C=O) groups is 1. The van der Waals surface area contributed by atoms with Gasteiger partial charge in [-0.25, -0.2) is 0 Å². The molecule has 1 amide bonds. The number of hydrogen-bond acceptors (Lipinski definition) is 6. The molecule has 1 N–H and O–H groups in total. The molecule has 0 unspecified atom stereocenters. The molecule has 0 aliphatic carbocycles. The number of likely N-dealkylation sites (tertiary alicyclic amines) is 1. The van der Waals surface area contributed by atoms with Gasteiger partial charge in [0.15, 0.2) is 0 Å². The van der Waals surface area contributed by atoms with E-state index in [0.29, 0.717) is 39.5 Å². The van der Waals surface area contributed by atoms with E-state index in [-0.39, 0.29) is 11.9 Å². The molecule has 152 valence electrons. The molecule has 3 heterocycles. The monoisotopic (exact) mass is 434 g/mol. The molecule has 3 aromatic rings. The van der Waals surface area contributed by atoms with E-state index in [0.717, 1.165) is 25.9 Å². The average molecular weight is 435 g/mol. The van der Waals surface area contributed by atoms with Crippen molar-refractivity contribution in [2.24, 2.45) is 7.05 Å². The molecule has 4 rings (SSSR count). The molecule has 2 aromatic heterocycles. The van der Waals surface area contributed by atoms with E-state index < -0.39 is 0 Å². The lowest BCUT2D eigenvalue weighted by Crippen LogP contribution is -2.44. The van der Waals surface area contributed by atoms with Crippen LogP contribution in [0.5, 0.6) is 0 Å². The van der Waals surface area contributed by atoms with Crippen LogP contribution >= 0.6 is 23.2 Å². The summed E-state index contributed by atoms with van der Waals surface area (Å²) in [5, 5.41) is 16.4. The summed E-state index contributed by atoms with van der Waals surface area (Å²) >= 11 is 12.1. The molecule has 1 aromatic carbocycles. The number of rotatable bonds is 5. The largest absolute Gasteiger partial charge is 0.419 e. The first-order valence-electron chi connectivity index (χ1n) is 9.27. The Kier molecular flexibility index (Phi) is 5.84. The molecule has 1 saturated heterocycles. The van der Waals surface area contributed by atoms with Gasteiger partial charge in [-0.3, -0.25) is 14.4 Å². The summed E-state index contributed by atoms with van der Waals surface area (Å²) in [6, 6.07) is 5.28. The van der Waals surface area contributed by atoms with Crippen molar-refractivity contribution < 1.29 is 9.21 Å². The van der Waals surface area contributed by atoms with Crippen LogP contribution < -0.4 is 5.32 Å². The number of benzene rings is 1. The van der Waals surface area contributed by atoms with Crippen LogP contribution in [0.3, 0.4) is 0 Å². The Balaban J connectivity index is 1.30. The fourth-order valence-corrected chi connectivity index (χ4v) is 3.81. The third kappa shape index (κ3) is 4.77. The fraction of sp³-hybridized carbons (Fsp3) is 0.368. The summed E-state index contributed by atoms with van der Waals surface area (Å²) < 4.78 is 7.39. The van der Waals surface area contributed by atoms with Gasteiger partial charge in [0.2, 0.25) is 11.8 Å². The van der Waals surface area contributed by atoms with Gasteiger partial charge in [-0.1, -0.05) is 23.2 Å². The minimum absolute atomic E-state index is 0.0852. The number of carbonyl (C=O) groups excluding carboxylic acids is 1. The maximum absolute atomic E-state index is 12.3. The molecule has 0 radical (unpaired) electrons. The number of hydrogen-bond donors (Lipinski definition) is 1. The van der Waals surface area contributed by atoms with Crippen molar-refractivity contribution in [1.29, 1.82) is 0 Å². The van der Waals surface area contributed by atoms with E-state index in [1.165, 1.54) is 0 Å². The second-order valence-corrected chi connectivity index (χ2v) is 7.90. The Bertz CT molecular complexity index is 1010. The van der Waals surface area contributed by atoms with Gasteiger partial charge >= 0.3 is 0 Å². The first kappa shape index (κ1) is 19.9. The third-order valence-corrected chi connectivity index (χ3v) is 5.42. The molecular weight excluding hydrogens is 415 g/mol. The number of nitrogens with one attached hydrogen (secondary N) is 1. The molecule has 0 saturated carbocycles. The van der Waals surface area contributed by atoms with E-state index in [2.05, 4.69) is 25.5 Å². The van der Waals surface area contributed by atoms with E-state index in [9.17, 15) is 4.79 Å². The number of amides is 1. The topological polar surface area (TPSA) is 89.1 Å². The molecule has 1 aliphatic rings. The second-order valence-electron chi connectivity index (χ2n) is 7.05. The summed E-state index contributed by atoms with van der Waals surface area (Å²) in [6.45, 7) is 2.22. The molecule has 8 nitrogen and oxygen atoms in total. The summed E-state index contributed by atoms with van der Waals surface area (Å²) in [5.41, 5.74) is 1.24. The predicted molar refractivity (Wildman–Crippen MR) is 109 cm³/mol. The highest BCUT2D eigenvalue weighted by atomic mass is 35.5. The smallest absolute Gasteiger partial charge is 0.254 e. The molecule has 1 aliphatic heterocycles. The van der Waals surface area contributed by atoms with Crippen molar-refractivity contribution in [2.45, 2.75) is 25.4 Å². The lowest BCUT2D eigenvalue weighted by atomic mass is 10.0. The van der Waals surface area contributed by atoms with Crippen molar-refractivity contribution in [1.82, 2.24) is 30.2 Å². The van der Waals surface area contributed by atoms with Gasteiger partial charge in [0.05, 0.1) is 28.9 Å². The molecular formula is C19H20Cl2N6O2. The Morgan fingerprint density at radius 3 is 2.76 bits per heavy atom. The van der Waals surface area contributed by atoms with Crippen molar-refractivity contribution in [3.63, 3.8) is 0 Å². The summed E-state index contributed by atoms with van der Waals surface area (Å²) in [4.78, 5) is 14.5. The highest BCUT2D eigenvalue weighted by molar-refractivity contribution is 6.36. The predicted octanol–water partition coefficient (Wildman–Crippen LogP) is 3.17. The van der Waals surface area contributed by atoms with Crippen molar-refractivity contribution in [3.8, 4) is 11.5 Å². The molecule has 0 spiro atoms. The van der Waals surface area contributed by atoms with Crippen LogP contribution in [-0.2, 0) is 13.6 Å². The standard InChI is InChI=1S/C19H20Cl2N6O2/c1-26-10-12(9-22-26)18(28)23-14-4-6-27(7-5-14)11-17-24-25-19(29-17)15-3-2-13(20)8-16(15)21/h2-3,8-10,14H,4-7,11H2,1H3,(H,23,28). The zero-order valence-corrected chi connectivity index (χ0v) is 17.3. The SMILES string of the molecule is Cn1cc(C(=O)NC2CCN(Cc3nnc(-c4ccc(Cl)cc4Cl)o3)CC2)cn1. The minimum Gasteiger partial charge on any atom is -0.419 e. The van der Waals surface area contributed by atoms with Crippen LogP contribution in [0.2, 0.25) is 10.0 Å². The summed E-state index contributed by atoms with van der Waals surface area (Å²) in [7, 11) is 1.79. The zero-order chi connectivity index (χ0) is 20.4. The lowest BCUT2D eigenvalue weighted by molar-refractivity contribution is 0.0905. The van der Waals surface area contributed by atoms with E-state index >= 15 is 0 Å². The van der Waals surface area contributed by atoms with Crippen molar-refractivity contribution >= 4 is 29.1 Å². The van der Waals surface area contributed by atoms with Gasteiger partial charge in [0.25, 0.3) is 5.91 Å². The number of aromatic nitrogens is 4. The van der Waals surface area contributed by atoms with Gasteiger partial charge in [0.1, 0.15) is 0 Å². The van der Waals surface area contributed by atoms with Gasteiger partial charge in [0, 0.05) is 37.4 Å².